The first-order valence-corrected chi connectivity index (χ1v) is 9.85. The van der Waals surface area contributed by atoms with Crippen LogP contribution in [0.2, 0.25) is 0 Å². The maximum atomic E-state index is 12.7. The zero-order valence-electron chi connectivity index (χ0n) is 16.1. The van der Waals surface area contributed by atoms with Gasteiger partial charge >= 0.3 is 0 Å². The van der Waals surface area contributed by atoms with Gasteiger partial charge in [-0.05, 0) is 50.1 Å². The smallest absolute Gasteiger partial charge is 0.233 e. The van der Waals surface area contributed by atoms with E-state index in [-0.39, 0.29) is 11.9 Å². The highest BCUT2D eigenvalue weighted by molar-refractivity contribution is 8.00. The van der Waals surface area contributed by atoms with Gasteiger partial charge in [0.05, 0.1) is 17.5 Å². The highest BCUT2D eigenvalue weighted by atomic mass is 32.2. The molecule has 0 aliphatic rings. The number of amides is 1. The van der Waals surface area contributed by atoms with Crippen LogP contribution >= 0.6 is 11.8 Å². The van der Waals surface area contributed by atoms with Crippen LogP contribution < -0.4 is 0 Å². The van der Waals surface area contributed by atoms with Crippen LogP contribution in [0.3, 0.4) is 0 Å². The number of nitrogens with zero attached hydrogens (tertiary/aromatic N) is 4. The van der Waals surface area contributed by atoms with E-state index in [1.54, 1.807) is 22.8 Å². The summed E-state index contributed by atoms with van der Waals surface area (Å²) in [6.45, 7) is 6.20. The summed E-state index contributed by atoms with van der Waals surface area (Å²) in [7, 11) is 1.86. The van der Waals surface area contributed by atoms with Crippen LogP contribution in [0.5, 0.6) is 0 Å². The number of rotatable bonds is 6. The Labute approximate surface area is 164 Å². The molecule has 0 saturated heterocycles. The molecule has 0 unspecified atom stereocenters. The maximum absolute atomic E-state index is 12.7. The fourth-order valence-corrected chi connectivity index (χ4v) is 3.84. The van der Waals surface area contributed by atoms with E-state index >= 15 is 0 Å². The van der Waals surface area contributed by atoms with E-state index in [4.69, 9.17) is 0 Å². The van der Waals surface area contributed by atoms with Crippen LogP contribution in [0, 0.1) is 13.8 Å². The highest BCUT2D eigenvalue weighted by Gasteiger charge is 2.18. The average Bonchev–Trinajstić information content (AvgIpc) is 3.22. The van der Waals surface area contributed by atoms with E-state index in [1.807, 2.05) is 43.1 Å². The van der Waals surface area contributed by atoms with Crippen LogP contribution in [0.4, 0.5) is 0 Å². The Kier molecular flexibility index (Phi) is 5.96. The fraction of sp³-hybridized carbons (Fsp3) is 0.286. The minimum Gasteiger partial charge on any atom is -0.338 e. The summed E-state index contributed by atoms with van der Waals surface area (Å²) < 4.78 is 1.71. The number of benzene rings is 2. The Bertz CT molecular complexity index is 906. The van der Waals surface area contributed by atoms with Crippen LogP contribution in [0.25, 0.3) is 5.69 Å². The first-order valence-electron chi connectivity index (χ1n) is 8.86. The zero-order valence-corrected chi connectivity index (χ0v) is 16.9. The quantitative estimate of drug-likeness (QED) is 0.602. The molecule has 0 aliphatic heterocycles. The second-order valence-electron chi connectivity index (χ2n) is 6.67. The summed E-state index contributed by atoms with van der Waals surface area (Å²) in [5.41, 5.74) is 4.46. The van der Waals surface area contributed by atoms with E-state index in [0.29, 0.717) is 5.75 Å². The van der Waals surface area contributed by atoms with Gasteiger partial charge in [0.2, 0.25) is 5.91 Å². The SMILES string of the molecule is Cc1ccc(C)c(SCC(=O)N(C)[C@H](C)c2ccc(-n3cncn3)cc2)c1. The first-order chi connectivity index (χ1) is 13.0. The van der Waals surface area contributed by atoms with Gasteiger partial charge in [0.15, 0.2) is 0 Å². The Balaban J connectivity index is 1.63. The third-order valence-electron chi connectivity index (χ3n) is 4.73. The number of hydrogen-bond donors (Lipinski definition) is 0. The van der Waals surface area contributed by atoms with E-state index in [1.165, 1.54) is 22.3 Å². The molecule has 1 amide bonds. The molecule has 3 aromatic rings. The molecule has 0 bridgehead atoms. The summed E-state index contributed by atoms with van der Waals surface area (Å²) in [6, 6.07) is 14.4. The van der Waals surface area contributed by atoms with Crippen molar-refractivity contribution in [2.45, 2.75) is 31.7 Å². The molecule has 0 aliphatic carbocycles. The lowest BCUT2D eigenvalue weighted by molar-refractivity contribution is -0.128. The van der Waals surface area contributed by atoms with Gasteiger partial charge < -0.3 is 4.90 Å². The van der Waals surface area contributed by atoms with Crippen molar-refractivity contribution in [1.29, 1.82) is 0 Å². The Morgan fingerprint density at radius 3 is 2.59 bits per heavy atom. The standard InChI is InChI=1S/C21H24N4OS/c1-15-5-6-16(2)20(11-15)27-12-21(26)24(4)17(3)18-7-9-19(10-8-18)25-14-22-13-23-25/h5-11,13-14,17H,12H2,1-4H3/t17-/m1/s1. The molecule has 2 aromatic carbocycles. The topological polar surface area (TPSA) is 51.0 Å². The van der Waals surface area contributed by atoms with Crippen molar-refractivity contribution in [2.24, 2.45) is 0 Å². The van der Waals surface area contributed by atoms with Crippen molar-refractivity contribution in [2.75, 3.05) is 12.8 Å². The molecule has 6 heteroatoms. The van der Waals surface area contributed by atoms with E-state index < -0.39 is 0 Å². The summed E-state index contributed by atoms with van der Waals surface area (Å²) in [5, 5.41) is 4.13. The molecule has 1 atom stereocenters. The van der Waals surface area contributed by atoms with Crippen molar-refractivity contribution in [3.63, 3.8) is 0 Å². The minimum atomic E-state index is 0.00139. The van der Waals surface area contributed by atoms with Crippen molar-refractivity contribution in [1.82, 2.24) is 19.7 Å². The summed E-state index contributed by atoms with van der Waals surface area (Å²) in [5.74, 6) is 0.552. The molecular formula is C21H24N4OS. The van der Waals surface area contributed by atoms with Crippen LogP contribution in [0.1, 0.15) is 29.7 Å². The third-order valence-corrected chi connectivity index (χ3v) is 5.87. The second-order valence-corrected chi connectivity index (χ2v) is 7.69. The Morgan fingerprint density at radius 2 is 1.93 bits per heavy atom. The number of aromatic nitrogens is 3. The largest absolute Gasteiger partial charge is 0.338 e. The van der Waals surface area contributed by atoms with Crippen LogP contribution in [0.15, 0.2) is 60.0 Å². The second kappa shape index (κ2) is 8.39. The lowest BCUT2D eigenvalue weighted by Crippen LogP contribution is -2.31. The lowest BCUT2D eigenvalue weighted by atomic mass is 10.1. The molecular weight excluding hydrogens is 356 g/mol. The fourth-order valence-electron chi connectivity index (χ4n) is 2.79. The number of carbonyl (C=O) groups is 1. The molecule has 140 valence electrons. The lowest BCUT2D eigenvalue weighted by Gasteiger charge is -2.25. The molecule has 27 heavy (non-hydrogen) atoms. The molecule has 5 nitrogen and oxygen atoms in total. The van der Waals surface area contributed by atoms with Gasteiger partial charge in [0, 0.05) is 11.9 Å². The molecule has 0 N–H and O–H groups in total. The molecule has 0 saturated carbocycles. The van der Waals surface area contributed by atoms with E-state index in [2.05, 4.69) is 42.1 Å². The number of thioether (sulfide) groups is 1. The number of hydrogen-bond acceptors (Lipinski definition) is 4. The first kappa shape index (κ1) is 19.2. The maximum Gasteiger partial charge on any atom is 0.233 e. The van der Waals surface area contributed by atoms with Gasteiger partial charge in [-0.3, -0.25) is 4.79 Å². The van der Waals surface area contributed by atoms with Crippen LogP contribution in [-0.2, 0) is 4.79 Å². The molecule has 1 aromatic heterocycles. The number of aryl methyl sites for hydroxylation is 2. The normalized spacial score (nSPS) is 12.0. The Hall–Kier alpha value is -2.60. The summed E-state index contributed by atoms with van der Waals surface area (Å²) in [6.07, 6.45) is 3.18. The predicted molar refractivity (Wildman–Crippen MR) is 109 cm³/mol. The van der Waals surface area contributed by atoms with Gasteiger partial charge in [0.1, 0.15) is 12.7 Å². The predicted octanol–water partition coefficient (Wildman–Crippen LogP) is 4.20. The van der Waals surface area contributed by atoms with Crippen molar-refractivity contribution >= 4 is 17.7 Å². The van der Waals surface area contributed by atoms with Crippen molar-refractivity contribution in [3.05, 3.63) is 71.8 Å². The molecule has 3 rings (SSSR count). The van der Waals surface area contributed by atoms with Gasteiger partial charge in [-0.2, -0.15) is 5.10 Å². The minimum absolute atomic E-state index is 0.00139. The van der Waals surface area contributed by atoms with Gasteiger partial charge in [-0.25, -0.2) is 9.67 Å². The molecule has 1 heterocycles. The van der Waals surface area contributed by atoms with Gasteiger partial charge in [-0.15, -0.1) is 11.8 Å². The monoisotopic (exact) mass is 380 g/mol. The van der Waals surface area contributed by atoms with Gasteiger partial charge in [-0.1, -0.05) is 29.8 Å². The summed E-state index contributed by atoms with van der Waals surface area (Å²) in [4.78, 5) is 19.6. The zero-order chi connectivity index (χ0) is 19.4. The van der Waals surface area contributed by atoms with E-state index in [9.17, 15) is 4.79 Å². The molecule has 0 radical (unpaired) electrons. The van der Waals surface area contributed by atoms with E-state index in [0.717, 1.165) is 11.3 Å². The van der Waals surface area contributed by atoms with Crippen molar-refractivity contribution < 1.29 is 4.79 Å². The molecule has 0 fully saturated rings. The third kappa shape index (κ3) is 4.57. The molecule has 0 spiro atoms. The number of carbonyl (C=O) groups excluding carboxylic acids is 1. The van der Waals surface area contributed by atoms with Crippen LogP contribution in [-0.4, -0.2) is 38.4 Å². The summed E-state index contributed by atoms with van der Waals surface area (Å²) >= 11 is 1.60. The average molecular weight is 381 g/mol. The highest BCUT2D eigenvalue weighted by Crippen LogP contribution is 2.26. The van der Waals surface area contributed by atoms with Gasteiger partial charge in [0.25, 0.3) is 0 Å². The Morgan fingerprint density at radius 1 is 1.19 bits per heavy atom. The van der Waals surface area contributed by atoms with Crippen molar-refractivity contribution in [3.8, 4) is 5.69 Å².